The van der Waals surface area contributed by atoms with E-state index < -0.39 is 11.7 Å². The Hall–Kier alpha value is -1.07. The molecule has 17 heavy (non-hydrogen) atoms. The van der Waals surface area contributed by atoms with Crippen LogP contribution >= 0.6 is 0 Å². The molecular formula is C12H14F3NO. The van der Waals surface area contributed by atoms with Crippen molar-refractivity contribution in [3.05, 3.63) is 35.4 Å². The molecule has 0 aliphatic carbocycles. The molecule has 0 spiro atoms. The number of hydrogen-bond acceptors (Lipinski definition) is 2. The molecule has 1 fully saturated rings. The lowest BCUT2D eigenvalue weighted by atomic mass is 10.1. The van der Waals surface area contributed by atoms with Gasteiger partial charge in [0.1, 0.15) is 0 Å². The van der Waals surface area contributed by atoms with E-state index in [1.54, 1.807) is 6.07 Å². The normalized spacial score (nSPS) is 22.0. The summed E-state index contributed by atoms with van der Waals surface area (Å²) in [6, 6.07) is 5.34. The number of aliphatic hydroxyl groups is 1. The highest BCUT2D eigenvalue weighted by atomic mass is 19.4. The van der Waals surface area contributed by atoms with E-state index in [0.29, 0.717) is 25.1 Å². The standard InChI is InChI=1S/C12H14F3NO/c13-12(14,15)10-3-1-2-9(6-10)7-16-5-4-11(17)8-16/h1-3,6,11,17H,4-5,7-8H2. The highest BCUT2D eigenvalue weighted by Gasteiger charge is 2.30. The number of halogens is 3. The average molecular weight is 245 g/mol. The van der Waals surface area contributed by atoms with Crippen molar-refractivity contribution in [1.29, 1.82) is 0 Å². The second kappa shape index (κ2) is 4.66. The summed E-state index contributed by atoms with van der Waals surface area (Å²) < 4.78 is 37.5. The van der Waals surface area contributed by atoms with Crippen LogP contribution in [-0.2, 0) is 12.7 Å². The predicted molar refractivity (Wildman–Crippen MR) is 57.3 cm³/mol. The molecule has 1 aliphatic heterocycles. The molecule has 5 heteroatoms. The molecule has 1 atom stereocenters. The van der Waals surface area contributed by atoms with Crippen molar-refractivity contribution in [1.82, 2.24) is 4.90 Å². The van der Waals surface area contributed by atoms with Crippen molar-refractivity contribution in [3.8, 4) is 0 Å². The Balaban J connectivity index is 2.06. The Bertz CT molecular complexity index is 392. The summed E-state index contributed by atoms with van der Waals surface area (Å²) in [4.78, 5) is 1.96. The average Bonchev–Trinajstić information content (AvgIpc) is 2.63. The lowest BCUT2D eigenvalue weighted by molar-refractivity contribution is -0.137. The van der Waals surface area contributed by atoms with E-state index in [1.165, 1.54) is 12.1 Å². The van der Waals surface area contributed by atoms with E-state index in [0.717, 1.165) is 12.6 Å². The predicted octanol–water partition coefficient (Wildman–Crippen LogP) is 2.27. The van der Waals surface area contributed by atoms with Crippen molar-refractivity contribution >= 4 is 0 Å². The van der Waals surface area contributed by atoms with Crippen LogP contribution in [0.15, 0.2) is 24.3 Å². The van der Waals surface area contributed by atoms with E-state index in [1.807, 2.05) is 4.90 Å². The molecule has 1 unspecified atom stereocenters. The van der Waals surface area contributed by atoms with Gasteiger partial charge in [-0.15, -0.1) is 0 Å². The van der Waals surface area contributed by atoms with Crippen LogP contribution < -0.4 is 0 Å². The van der Waals surface area contributed by atoms with E-state index in [-0.39, 0.29) is 6.10 Å². The second-order valence-electron chi connectivity index (χ2n) is 4.38. The molecule has 1 N–H and O–H groups in total. The molecule has 0 saturated carbocycles. The summed E-state index contributed by atoms with van der Waals surface area (Å²) >= 11 is 0. The molecule has 1 aliphatic rings. The van der Waals surface area contributed by atoms with Gasteiger partial charge in [-0.1, -0.05) is 18.2 Å². The Morgan fingerprint density at radius 3 is 2.71 bits per heavy atom. The molecule has 2 nitrogen and oxygen atoms in total. The Morgan fingerprint density at radius 1 is 1.35 bits per heavy atom. The minimum atomic E-state index is -4.29. The molecular weight excluding hydrogens is 231 g/mol. The van der Waals surface area contributed by atoms with Gasteiger partial charge in [0.15, 0.2) is 0 Å². The molecule has 1 aromatic rings. The fourth-order valence-corrected chi connectivity index (χ4v) is 2.06. The Morgan fingerprint density at radius 2 is 2.12 bits per heavy atom. The quantitative estimate of drug-likeness (QED) is 0.864. The maximum absolute atomic E-state index is 12.5. The van der Waals surface area contributed by atoms with E-state index >= 15 is 0 Å². The van der Waals surface area contributed by atoms with Crippen LogP contribution in [0.25, 0.3) is 0 Å². The molecule has 94 valence electrons. The topological polar surface area (TPSA) is 23.5 Å². The van der Waals surface area contributed by atoms with Crippen LogP contribution in [0.1, 0.15) is 17.5 Å². The minimum Gasteiger partial charge on any atom is -0.392 e. The van der Waals surface area contributed by atoms with E-state index in [9.17, 15) is 18.3 Å². The zero-order valence-corrected chi connectivity index (χ0v) is 9.24. The fourth-order valence-electron chi connectivity index (χ4n) is 2.06. The summed E-state index contributed by atoms with van der Waals surface area (Å²) in [5.41, 5.74) is 0.0173. The Kier molecular flexibility index (Phi) is 3.40. The number of nitrogens with zero attached hydrogens (tertiary/aromatic N) is 1. The third-order valence-corrected chi connectivity index (χ3v) is 2.91. The molecule has 0 aromatic heterocycles. The lowest BCUT2D eigenvalue weighted by Crippen LogP contribution is -2.21. The second-order valence-corrected chi connectivity index (χ2v) is 4.38. The van der Waals surface area contributed by atoms with Crippen LogP contribution in [0, 0.1) is 0 Å². The molecule has 0 bridgehead atoms. The van der Waals surface area contributed by atoms with Crippen LogP contribution in [-0.4, -0.2) is 29.2 Å². The first kappa shape index (κ1) is 12.4. The minimum absolute atomic E-state index is 0.346. The monoisotopic (exact) mass is 245 g/mol. The zero-order chi connectivity index (χ0) is 12.5. The molecule has 1 saturated heterocycles. The zero-order valence-electron chi connectivity index (χ0n) is 9.24. The lowest BCUT2D eigenvalue weighted by Gasteiger charge is -2.16. The third-order valence-electron chi connectivity index (χ3n) is 2.91. The number of β-amino-alcohol motifs (C(OH)–C–C–N with tert-alkyl or cyclic N) is 1. The first-order valence-electron chi connectivity index (χ1n) is 5.52. The highest BCUT2D eigenvalue weighted by Crippen LogP contribution is 2.29. The summed E-state index contributed by atoms with van der Waals surface area (Å²) in [6.07, 6.45) is -3.94. The van der Waals surface area contributed by atoms with Crippen molar-refractivity contribution in [3.63, 3.8) is 0 Å². The van der Waals surface area contributed by atoms with Crippen molar-refractivity contribution < 1.29 is 18.3 Å². The first-order valence-corrected chi connectivity index (χ1v) is 5.52. The van der Waals surface area contributed by atoms with Crippen LogP contribution in [0.2, 0.25) is 0 Å². The van der Waals surface area contributed by atoms with Gasteiger partial charge in [-0.25, -0.2) is 0 Å². The van der Waals surface area contributed by atoms with Crippen molar-refractivity contribution in [2.45, 2.75) is 25.2 Å². The van der Waals surface area contributed by atoms with Crippen molar-refractivity contribution in [2.75, 3.05) is 13.1 Å². The van der Waals surface area contributed by atoms with Gasteiger partial charge in [-0.3, -0.25) is 4.90 Å². The van der Waals surface area contributed by atoms with Gasteiger partial charge in [0.05, 0.1) is 11.7 Å². The maximum atomic E-state index is 12.5. The van der Waals surface area contributed by atoms with Crippen LogP contribution in [0.3, 0.4) is 0 Å². The fraction of sp³-hybridized carbons (Fsp3) is 0.500. The highest BCUT2D eigenvalue weighted by molar-refractivity contribution is 5.25. The number of benzene rings is 1. The molecule has 1 heterocycles. The van der Waals surface area contributed by atoms with Gasteiger partial charge in [0.25, 0.3) is 0 Å². The summed E-state index contributed by atoms with van der Waals surface area (Å²) in [7, 11) is 0. The number of rotatable bonds is 2. The van der Waals surface area contributed by atoms with Gasteiger partial charge < -0.3 is 5.11 Å². The number of hydrogen-bond donors (Lipinski definition) is 1. The Labute approximate surface area is 97.7 Å². The van der Waals surface area contributed by atoms with Gasteiger partial charge in [0, 0.05) is 19.6 Å². The molecule has 0 amide bonds. The van der Waals surface area contributed by atoms with Gasteiger partial charge in [-0.05, 0) is 18.1 Å². The van der Waals surface area contributed by atoms with Gasteiger partial charge in [-0.2, -0.15) is 13.2 Å². The van der Waals surface area contributed by atoms with E-state index in [4.69, 9.17) is 0 Å². The molecule has 1 aromatic carbocycles. The largest absolute Gasteiger partial charge is 0.416 e. The maximum Gasteiger partial charge on any atom is 0.416 e. The smallest absolute Gasteiger partial charge is 0.392 e. The summed E-state index contributed by atoms with van der Waals surface area (Å²) in [5, 5.41) is 9.34. The number of alkyl halides is 3. The molecule has 0 radical (unpaired) electrons. The SMILES string of the molecule is OC1CCN(Cc2cccc(C(F)(F)F)c2)C1. The number of likely N-dealkylation sites (tertiary alicyclic amines) is 1. The third kappa shape index (κ3) is 3.20. The van der Waals surface area contributed by atoms with E-state index in [2.05, 4.69) is 0 Å². The molecule has 2 rings (SSSR count). The van der Waals surface area contributed by atoms with Gasteiger partial charge in [0.2, 0.25) is 0 Å². The van der Waals surface area contributed by atoms with Crippen LogP contribution in [0.5, 0.6) is 0 Å². The first-order chi connectivity index (χ1) is 7.95. The number of aliphatic hydroxyl groups excluding tert-OH is 1. The summed E-state index contributed by atoms with van der Waals surface area (Å²) in [5.74, 6) is 0. The summed E-state index contributed by atoms with van der Waals surface area (Å²) in [6.45, 7) is 1.73. The van der Waals surface area contributed by atoms with Crippen LogP contribution in [0.4, 0.5) is 13.2 Å². The van der Waals surface area contributed by atoms with Gasteiger partial charge >= 0.3 is 6.18 Å². The van der Waals surface area contributed by atoms with Crippen molar-refractivity contribution in [2.24, 2.45) is 0 Å².